The average Bonchev–Trinajstić information content (AvgIpc) is 1.97. The highest BCUT2D eigenvalue weighted by Gasteiger charge is 1.82. The summed E-state index contributed by atoms with van der Waals surface area (Å²) < 4.78 is 4.86. The molecule has 0 saturated heterocycles. The van der Waals surface area contributed by atoms with E-state index in [2.05, 4.69) is 23.4 Å². The van der Waals surface area contributed by atoms with Crippen molar-refractivity contribution in [3.8, 4) is 24.5 Å². The minimum atomic E-state index is 0.634. The van der Waals surface area contributed by atoms with E-state index in [0.29, 0.717) is 6.61 Å². The van der Waals surface area contributed by atoms with Gasteiger partial charge in [0.2, 0.25) is 0 Å². The summed E-state index contributed by atoms with van der Waals surface area (Å²) in [6.07, 6.45) is 8.32. The van der Waals surface area contributed by atoms with E-state index in [4.69, 9.17) is 11.2 Å². The van der Waals surface area contributed by atoms with Gasteiger partial charge >= 0.3 is 0 Å². The van der Waals surface area contributed by atoms with Crippen molar-refractivity contribution in [1.29, 1.82) is 0 Å². The molecule has 0 unspecified atom stereocenters. The van der Waals surface area contributed by atoms with Gasteiger partial charge in [-0.3, -0.25) is 0 Å². The van der Waals surface area contributed by atoms with Crippen LogP contribution in [0.1, 0.15) is 13.3 Å². The number of hydrogen-bond donors (Lipinski definition) is 1. The Kier molecular flexibility index (Phi) is 6.73. The van der Waals surface area contributed by atoms with Gasteiger partial charge in [-0.1, -0.05) is 12.3 Å². The molecule has 0 aliphatic rings. The van der Waals surface area contributed by atoms with Gasteiger partial charge < -0.3 is 10.1 Å². The third kappa shape index (κ3) is 6.72. The summed E-state index contributed by atoms with van der Waals surface area (Å²) in [4.78, 5) is 0. The Morgan fingerprint density at radius 1 is 1.60 bits per heavy atom. The van der Waals surface area contributed by atoms with E-state index in [0.717, 1.165) is 13.0 Å². The lowest BCUT2D eigenvalue weighted by Gasteiger charge is -1.96. The van der Waals surface area contributed by atoms with Gasteiger partial charge in [0.25, 0.3) is 0 Å². The van der Waals surface area contributed by atoms with Crippen LogP contribution in [0.3, 0.4) is 0 Å². The molecule has 0 saturated carbocycles. The van der Waals surface area contributed by atoms with Crippen LogP contribution in [0.2, 0.25) is 0 Å². The summed E-state index contributed by atoms with van der Waals surface area (Å²) in [6.45, 7) is 3.15. The maximum atomic E-state index is 4.94. The first-order valence-electron chi connectivity index (χ1n) is 3.14. The number of terminal acetylenes is 1. The van der Waals surface area contributed by atoms with Crippen LogP contribution < -0.4 is 5.32 Å². The lowest BCUT2D eigenvalue weighted by Crippen LogP contribution is -2.08. The smallest absolute Gasteiger partial charge is 0.109 e. The maximum absolute atomic E-state index is 4.94. The van der Waals surface area contributed by atoms with Crippen molar-refractivity contribution in [2.24, 2.45) is 0 Å². The van der Waals surface area contributed by atoms with Crippen LogP contribution in [0.15, 0.2) is 0 Å². The zero-order chi connectivity index (χ0) is 7.66. The fraction of sp³-hybridized carbons (Fsp3) is 0.500. The molecule has 0 radical (unpaired) electrons. The summed E-state index contributed by atoms with van der Waals surface area (Å²) >= 11 is 0. The molecular weight excluding hydrogens is 126 g/mol. The Bertz CT molecular complexity index is 158. The number of nitrogens with one attached hydrogen (secondary N) is 1. The lowest BCUT2D eigenvalue weighted by atomic mass is 10.4. The second-order valence-electron chi connectivity index (χ2n) is 1.63. The van der Waals surface area contributed by atoms with E-state index in [1.54, 1.807) is 6.92 Å². The Morgan fingerprint density at radius 3 is 3.00 bits per heavy atom. The molecule has 0 rings (SSSR count). The highest BCUT2D eigenvalue weighted by molar-refractivity contribution is 4.85. The first kappa shape index (κ1) is 8.72. The quantitative estimate of drug-likeness (QED) is 0.347. The molecule has 2 heteroatoms. The molecule has 0 atom stereocenters. The molecule has 0 heterocycles. The van der Waals surface area contributed by atoms with E-state index >= 15 is 0 Å². The zero-order valence-corrected chi connectivity index (χ0v) is 6.11. The number of ether oxygens (including phenoxy) is 1. The fourth-order valence-electron chi connectivity index (χ4n) is 0.428. The summed E-state index contributed by atoms with van der Waals surface area (Å²) in [6, 6.07) is 2.32. The van der Waals surface area contributed by atoms with Crippen molar-refractivity contribution in [2.75, 3.05) is 13.2 Å². The molecule has 10 heavy (non-hydrogen) atoms. The standard InChI is InChI=1S/C8H11NO/c1-3-7-10-8-5-6-9-4-2/h2,9H,5-6,8H2,1H3. The van der Waals surface area contributed by atoms with E-state index < -0.39 is 0 Å². The zero-order valence-electron chi connectivity index (χ0n) is 6.11. The van der Waals surface area contributed by atoms with Gasteiger partial charge in [-0.2, -0.15) is 0 Å². The molecule has 0 aliphatic carbocycles. The Balaban J connectivity index is 2.90. The third-order valence-corrected chi connectivity index (χ3v) is 0.824. The Morgan fingerprint density at radius 2 is 2.40 bits per heavy atom. The maximum Gasteiger partial charge on any atom is 0.109 e. The third-order valence-electron chi connectivity index (χ3n) is 0.824. The van der Waals surface area contributed by atoms with Gasteiger partial charge in [0.15, 0.2) is 0 Å². The second kappa shape index (κ2) is 7.72. The number of hydrogen-bond acceptors (Lipinski definition) is 2. The summed E-state index contributed by atoms with van der Waals surface area (Å²) in [5.74, 6) is 2.63. The van der Waals surface area contributed by atoms with Crippen LogP contribution in [-0.4, -0.2) is 13.2 Å². The molecule has 0 aromatic carbocycles. The summed E-state index contributed by atoms with van der Waals surface area (Å²) in [5, 5.41) is 2.72. The van der Waals surface area contributed by atoms with Crippen LogP contribution in [-0.2, 0) is 4.74 Å². The van der Waals surface area contributed by atoms with Gasteiger partial charge in [0.05, 0.1) is 0 Å². The molecule has 2 nitrogen and oxygen atoms in total. The van der Waals surface area contributed by atoms with Crippen molar-refractivity contribution >= 4 is 0 Å². The van der Waals surface area contributed by atoms with Gasteiger partial charge in [-0.05, 0) is 0 Å². The van der Waals surface area contributed by atoms with E-state index in [1.165, 1.54) is 0 Å². The molecule has 0 aromatic heterocycles. The van der Waals surface area contributed by atoms with Crippen LogP contribution in [0.5, 0.6) is 0 Å². The van der Waals surface area contributed by atoms with Crippen molar-refractivity contribution in [1.82, 2.24) is 5.32 Å². The minimum absolute atomic E-state index is 0.634. The highest BCUT2D eigenvalue weighted by Crippen LogP contribution is 1.77. The molecule has 1 N–H and O–H groups in total. The van der Waals surface area contributed by atoms with E-state index in [1.807, 2.05) is 0 Å². The normalized spacial score (nSPS) is 6.80. The number of rotatable bonds is 4. The Hall–Kier alpha value is -1.28. The van der Waals surface area contributed by atoms with Crippen LogP contribution in [0, 0.1) is 24.5 Å². The lowest BCUT2D eigenvalue weighted by molar-refractivity contribution is 0.272. The predicted octanol–water partition coefficient (Wildman–Crippen LogP) is 0.554. The van der Waals surface area contributed by atoms with Gasteiger partial charge in [-0.15, -0.1) is 0 Å². The molecule has 0 fully saturated rings. The monoisotopic (exact) mass is 137 g/mol. The first-order valence-corrected chi connectivity index (χ1v) is 3.14. The van der Waals surface area contributed by atoms with Crippen molar-refractivity contribution in [2.45, 2.75) is 13.3 Å². The second-order valence-corrected chi connectivity index (χ2v) is 1.63. The SMILES string of the molecule is C#CNCCCOC#CC. The van der Waals surface area contributed by atoms with Crippen molar-refractivity contribution < 1.29 is 4.74 Å². The Labute approximate surface area is 62.0 Å². The van der Waals surface area contributed by atoms with Crippen LogP contribution in [0.4, 0.5) is 0 Å². The highest BCUT2D eigenvalue weighted by atomic mass is 16.5. The molecule has 0 spiro atoms. The average molecular weight is 137 g/mol. The molecule has 0 amide bonds. The van der Waals surface area contributed by atoms with Gasteiger partial charge in [-0.25, -0.2) is 0 Å². The fourth-order valence-corrected chi connectivity index (χ4v) is 0.428. The first-order chi connectivity index (χ1) is 4.91. The molecular formula is C8H11NO. The van der Waals surface area contributed by atoms with Gasteiger partial charge in [0, 0.05) is 25.9 Å². The molecule has 0 bridgehead atoms. The minimum Gasteiger partial charge on any atom is -0.447 e. The van der Waals surface area contributed by atoms with E-state index in [-0.39, 0.29) is 0 Å². The molecule has 0 aromatic rings. The van der Waals surface area contributed by atoms with Crippen LogP contribution >= 0.6 is 0 Å². The van der Waals surface area contributed by atoms with Gasteiger partial charge in [0.1, 0.15) is 12.7 Å². The molecule has 54 valence electrons. The predicted molar refractivity (Wildman–Crippen MR) is 40.9 cm³/mol. The topological polar surface area (TPSA) is 21.3 Å². The van der Waals surface area contributed by atoms with Crippen molar-refractivity contribution in [3.63, 3.8) is 0 Å². The summed E-state index contributed by atoms with van der Waals surface area (Å²) in [7, 11) is 0. The largest absolute Gasteiger partial charge is 0.447 e. The summed E-state index contributed by atoms with van der Waals surface area (Å²) in [5.41, 5.74) is 0. The molecule has 0 aliphatic heterocycles. The van der Waals surface area contributed by atoms with Crippen molar-refractivity contribution in [3.05, 3.63) is 0 Å². The van der Waals surface area contributed by atoms with E-state index in [9.17, 15) is 0 Å². The van der Waals surface area contributed by atoms with Crippen LogP contribution in [0.25, 0.3) is 0 Å².